The monoisotopic (exact) mass is 350 g/mol. The Morgan fingerprint density at radius 3 is 3.12 bits per heavy atom. The summed E-state index contributed by atoms with van der Waals surface area (Å²) in [6.07, 6.45) is 2.02. The molecule has 1 fully saturated rings. The van der Waals surface area contributed by atoms with Gasteiger partial charge in [0.05, 0.1) is 18.9 Å². The molecule has 0 aliphatic carbocycles. The summed E-state index contributed by atoms with van der Waals surface area (Å²) in [4.78, 5) is 19.1. The zero-order valence-corrected chi connectivity index (χ0v) is 11.8. The predicted octanol–water partition coefficient (Wildman–Crippen LogP) is 1.41. The maximum absolute atomic E-state index is 11.8. The number of rotatable bonds is 3. The van der Waals surface area contributed by atoms with Crippen molar-refractivity contribution in [1.29, 1.82) is 0 Å². The van der Waals surface area contributed by atoms with Crippen molar-refractivity contribution in [1.82, 2.24) is 9.97 Å². The number of methoxy groups -OCH3 is 1. The molecule has 1 aromatic heterocycles. The van der Waals surface area contributed by atoms with Gasteiger partial charge in [-0.15, -0.1) is 0 Å². The van der Waals surface area contributed by atoms with Crippen LogP contribution in [0, 0.1) is 3.57 Å². The molecule has 0 radical (unpaired) electrons. The molecule has 1 unspecified atom stereocenters. The number of halogens is 1. The van der Waals surface area contributed by atoms with E-state index in [2.05, 4.69) is 9.97 Å². The molecule has 94 valence electrons. The number of aromatic nitrogens is 2. The van der Waals surface area contributed by atoms with Crippen molar-refractivity contribution in [2.45, 2.75) is 25.4 Å². The summed E-state index contributed by atoms with van der Waals surface area (Å²) in [6.45, 7) is 1.80. The van der Waals surface area contributed by atoms with Crippen LogP contribution in [0.5, 0.6) is 0 Å². The van der Waals surface area contributed by atoms with Gasteiger partial charge in [0.1, 0.15) is 9.39 Å². The summed E-state index contributed by atoms with van der Waals surface area (Å²) in [5.41, 5.74) is 0.616. The highest BCUT2D eigenvalue weighted by atomic mass is 127. The number of H-pyrrole nitrogens is 1. The van der Waals surface area contributed by atoms with Crippen molar-refractivity contribution in [3.05, 3.63) is 25.4 Å². The van der Waals surface area contributed by atoms with E-state index in [1.54, 1.807) is 7.11 Å². The molecule has 1 atom stereocenters. The fraction of sp³-hybridized carbons (Fsp3) is 0.636. The molecule has 0 amide bonds. The van der Waals surface area contributed by atoms with Gasteiger partial charge in [0.25, 0.3) is 5.56 Å². The molecular weight excluding hydrogens is 335 g/mol. The number of aromatic amines is 1. The topological polar surface area (TPSA) is 64.2 Å². The number of nitrogens with zero attached hydrogens (tertiary/aromatic N) is 1. The molecule has 0 spiro atoms. The normalized spacial score (nSPS) is 20.5. The Bertz CT molecular complexity index is 441. The van der Waals surface area contributed by atoms with Gasteiger partial charge in [0, 0.05) is 19.6 Å². The highest BCUT2D eigenvalue weighted by molar-refractivity contribution is 14.1. The van der Waals surface area contributed by atoms with Crippen molar-refractivity contribution in [2.75, 3.05) is 20.3 Å². The molecule has 2 rings (SSSR count). The van der Waals surface area contributed by atoms with Crippen LogP contribution in [0.25, 0.3) is 0 Å². The minimum Gasteiger partial charge on any atom is -0.381 e. The molecule has 17 heavy (non-hydrogen) atoms. The van der Waals surface area contributed by atoms with Gasteiger partial charge >= 0.3 is 0 Å². The summed E-state index contributed by atoms with van der Waals surface area (Å²) < 4.78 is 11.1. The van der Waals surface area contributed by atoms with Crippen molar-refractivity contribution in [2.24, 2.45) is 0 Å². The molecule has 0 aromatic carbocycles. The number of nitrogens with one attached hydrogen (secondary N) is 1. The van der Waals surface area contributed by atoms with Gasteiger partial charge in [-0.1, -0.05) is 0 Å². The Labute approximate surface area is 113 Å². The first-order valence-corrected chi connectivity index (χ1v) is 6.65. The van der Waals surface area contributed by atoms with Crippen LogP contribution >= 0.6 is 22.6 Å². The van der Waals surface area contributed by atoms with Gasteiger partial charge in [-0.3, -0.25) is 4.79 Å². The van der Waals surface area contributed by atoms with Crippen LogP contribution in [-0.2, 0) is 16.1 Å². The predicted molar refractivity (Wildman–Crippen MR) is 71.1 cm³/mol. The lowest BCUT2D eigenvalue weighted by Gasteiger charge is -2.21. The average Bonchev–Trinajstić information content (AvgIpc) is 2.36. The molecule has 6 heteroatoms. The number of hydrogen-bond donors (Lipinski definition) is 1. The van der Waals surface area contributed by atoms with Crippen LogP contribution in [0.4, 0.5) is 0 Å². The molecule has 1 aliphatic rings. The van der Waals surface area contributed by atoms with Crippen molar-refractivity contribution in [3.63, 3.8) is 0 Å². The largest absolute Gasteiger partial charge is 0.381 e. The van der Waals surface area contributed by atoms with Crippen LogP contribution in [0.2, 0.25) is 0 Å². The summed E-state index contributed by atoms with van der Waals surface area (Å²) in [6, 6.07) is 0. The minimum atomic E-state index is -0.0896. The SMILES string of the molecule is COCc1nc(C2CCCOC2)[nH]c(=O)c1I. The molecule has 5 nitrogen and oxygen atoms in total. The molecule has 1 saturated heterocycles. The van der Waals surface area contributed by atoms with Crippen molar-refractivity contribution < 1.29 is 9.47 Å². The Morgan fingerprint density at radius 2 is 2.47 bits per heavy atom. The van der Waals surface area contributed by atoms with Crippen LogP contribution < -0.4 is 5.56 Å². The third-order valence-electron chi connectivity index (χ3n) is 2.78. The second kappa shape index (κ2) is 5.92. The quantitative estimate of drug-likeness (QED) is 0.838. The van der Waals surface area contributed by atoms with E-state index >= 15 is 0 Å². The number of hydrogen-bond acceptors (Lipinski definition) is 4. The lowest BCUT2D eigenvalue weighted by molar-refractivity contribution is 0.0777. The summed E-state index contributed by atoms with van der Waals surface area (Å²) in [5.74, 6) is 0.922. The Balaban J connectivity index is 2.30. The number of ether oxygens (including phenoxy) is 2. The second-order valence-electron chi connectivity index (χ2n) is 4.06. The van der Waals surface area contributed by atoms with Gasteiger partial charge < -0.3 is 14.5 Å². The highest BCUT2D eigenvalue weighted by Gasteiger charge is 2.20. The standard InChI is InChI=1S/C11H15IN2O3/c1-16-6-8-9(12)11(15)14-10(13-8)7-3-2-4-17-5-7/h7H,2-6H2,1H3,(H,13,14,15). The van der Waals surface area contributed by atoms with E-state index in [-0.39, 0.29) is 11.5 Å². The van der Waals surface area contributed by atoms with Gasteiger partial charge in [-0.25, -0.2) is 4.98 Å². The lowest BCUT2D eigenvalue weighted by atomic mass is 10.0. The van der Waals surface area contributed by atoms with E-state index < -0.39 is 0 Å². The minimum absolute atomic E-state index is 0.0896. The van der Waals surface area contributed by atoms with Crippen molar-refractivity contribution >= 4 is 22.6 Å². The molecule has 1 aliphatic heterocycles. The van der Waals surface area contributed by atoms with E-state index in [0.29, 0.717) is 22.5 Å². The van der Waals surface area contributed by atoms with E-state index in [1.165, 1.54) is 0 Å². The van der Waals surface area contributed by atoms with E-state index in [4.69, 9.17) is 9.47 Å². The van der Waals surface area contributed by atoms with Crippen molar-refractivity contribution in [3.8, 4) is 0 Å². The maximum atomic E-state index is 11.8. The van der Waals surface area contributed by atoms with E-state index in [9.17, 15) is 4.79 Å². The first-order valence-electron chi connectivity index (χ1n) is 5.57. The summed E-state index contributed by atoms with van der Waals surface area (Å²) >= 11 is 2.00. The Morgan fingerprint density at radius 1 is 1.65 bits per heavy atom. The van der Waals surface area contributed by atoms with Crippen LogP contribution in [0.1, 0.15) is 30.3 Å². The van der Waals surface area contributed by atoms with Gasteiger partial charge in [-0.05, 0) is 35.4 Å². The highest BCUT2D eigenvalue weighted by Crippen LogP contribution is 2.22. The zero-order valence-electron chi connectivity index (χ0n) is 9.66. The Kier molecular flexibility index (Phi) is 4.52. The van der Waals surface area contributed by atoms with E-state index in [0.717, 1.165) is 25.3 Å². The maximum Gasteiger partial charge on any atom is 0.264 e. The molecular formula is C11H15IN2O3. The van der Waals surface area contributed by atoms with Crippen LogP contribution in [0.3, 0.4) is 0 Å². The Hall–Kier alpha value is -0.470. The van der Waals surface area contributed by atoms with Gasteiger partial charge in [0.15, 0.2) is 0 Å². The van der Waals surface area contributed by atoms with Gasteiger partial charge in [-0.2, -0.15) is 0 Å². The summed E-state index contributed by atoms with van der Waals surface area (Å²) in [7, 11) is 1.60. The first kappa shape index (κ1) is 13.0. The third-order valence-corrected chi connectivity index (χ3v) is 3.89. The molecule has 1 aromatic rings. The first-order chi connectivity index (χ1) is 8.22. The molecule has 0 bridgehead atoms. The van der Waals surface area contributed by atoms with Crippen LogP contribution in [0.15, 0.2) is 4.79 Å². The fourth-order valence-electron chi connectivity index (χ4n) is 1.91. The second-order valence-corrected chi connectivity index (χ2v) is 5.14. The molecule has 1 N–H and O–H groups in total. The lowest BCUT2D eigenvalue weighted by Crippen LogP contribution is -2.24. The average molecular weight is 350 g/mol. The summed E-state index contributed by atoms with van der Waals surface area (Å²) in [5, 5.41) is 0. The fourth-order valence-corrected chi connectivity index (χ4v) is 2.32. The molecule has 2 heterocycles. The van der Waals surface area contributed by atoms with Crippen LogP contribution in [-0.4, -0.2) is 30.3 Å². The van der Waals surface area contributed by atoms with E-state index in [1.807, 2.05) is 22.6 Å². The molecule has 0 saturated carbocycles. The third kappa shape index (κ3) is 3.05. The smallest absolute Gasteiger partial charge is 0.264 e. The van der Waals surface area contributed by atoms with Gasteiger partial charge in [0.2, 0.25) is 0 Å². The zero-order chi connectivity index (χ0) is 12.3.